The van der Waals surface area contributed by atoms with E-state index in [-0.39, 0.29) is 12.1 Å². The summed E-state index contributed by atoms with van der Waals surface area (Å²) in [6.07, 6.45) is 8.90. The predicted molar refractivity (Wildman–Crippen MR) is 146 cm³/mol. The monoisotopic (exact) mass is 508 g/mol. The molecule has 1 saturated heterocycles. The zero-order valence-corrected chi connectivity index (χ0v) is 22.3. The molecule has 0 radical (unpaired) electrons. The molecule has 0 N–H and O–H groups in total. The van der Waals surface area contributed by atoms with Gasteiger partial charge in [-0.05, 0) is 56.2 Å². The van der Waals surface area contributed by atoms with Gasteiger partial charge in [0.25, 0.3) is 0 Å². The van der Waals surface area contributed by atoms with Crippen molar-refractivity contribution in [2.45, 2.75) is 76.7 Å². The molecule has 0 aromatic heterocycles. The number of unbranched alkanes of at least 4 members (excludes halogenated alkanes) is 3. The first-order valence-corrected chi connectivity index (χ1v) is 14.2. The van der Waals surface area contributed by atoms with Crippen LogP contribution in [0.5, 0.6) is 0 Å². The largest absolute Gasteiger partial charge is 0.445 e. The molecular weight excluding hydrogens is 464 g/mol. The third-order valence-corrected chi connectivity index (χ3v) is 7.55. The molecule has 1 heterocycles. The van der Waals surface area contributed by atoms with Crippen molar-refractivity contribution in [3.63, 3.8) is 0 Å². The maximum Gasteiger partial charge on any atom is 0.410 e. The van der Waals surface area contributed by atoms with Crippen LogP contribution in [0.25, 0.3) is 0 Å². The highest BCUT2D eigenvalue weighted by Gasteiger charge is 2.30. The van der Waals surface area contributed by atoms with Crippen molar-refractivity contribution in [3.05, 3.63) is 71.8 Å². The van der Waals surface area contributed by atoms with Crippen molar-refractivity contribution >= 4 is 6.09 Å². The Balaban J connectivity index is 1.16. The number of carbonyl (C=O) groups is 1. The van der Waals surface area contributed by atoms with Crippen molar-refractivity contribution in [2.24, 2.45) is 0 Å². The number of nitrogens with zero attached hydrogens (tertiary/aromatic N) is 2. The summed E-state index contributed by atoms with van der Waals surface area (Å²) >= 11 is 0. The molecule has 37 heavy (non-hydrogen) atoms. The fourth-order valence-electron chi connectivity index (χ4n) is 5.31. The van der Waals surface area contributed by atoms with Crippen molar-refractivity contribution in [1.82, 2.24) is 9.80 Å². The molecular formula is C31H44N2O4. The van der Waals surface area contributed by atoms with Gasteiger partial charge in [-0.3, -0.25) is 4.90 Å². The fraction of sp³-hybridized carbons (Fsp3) is 0.581. The smallest absolute Gasteiger partial charge is 0.410 e. The number of ether oxygens (including phenoxy) is 3. The molecule has 0 bridgehead atoms. The number of hydrogen-bond acceptors (Lipinski definition) is 5. The Morgan fingerprint density at radius 2 is 1.49 bits per heavy atom. The molecule has 2 fully saturated rings. The van der Waals surface area contributed by atoms with Crippen molar-refractivity contribution < 1.29 is 19.0 Å². The van der Waals surface area contributed by atoms with Crippen LogP contribution >= 0.6 is 0 Å². The summed E-state index contributed by atoms with van der Waals surface area (Å²) in [7, 11) is 0. The highest BCUT2D eigenvalue weighted by atomic mass is 16.6. The Morgan fingerprint density at radius 3 is 2.19 bits per heavy atom. The highest BCUT2D eigenvalue weighted by molar-refractivity contribution is 5.68. The number of carbonyl (C=O) groups excluding carboxylic acids is 1. The summed E-state index contributed by atoms with van der Waals surface area (Å²) in [5, 5.41) is 0. The topological polar surface area (TPSA) is 51.2 Å². The summed E-state index contributed by atoms with van der Waals surface area (Å²) in [4.78, 5) is 17.6. The van der Waals surface area contributed by atoms with Gasteiger partial charge in [0, 0.05) is 32.3 Å². The standard InChI is InChI=1S/C31H44N2O4/c34-31(37-26-28-13-7-4-8-14-28)33(25-27-11-5-3-6-12-27)29-15-17-30(18-16-29)36-22-10-2-1-9-19-32-20-23-35-24-21-32/h3-8,11-14,29-30H,1-2,9-10,15-26H2. The van der Waals surface area contributed by atoms with E-state index >= 15 is 0 Å². The van der Waals surface area contributed by atoms with Crippen LogP contribution in [0.4, 0.5) is 4.79 Å². The second-order valence-corrected chi connectivity index (χ2v) is 10.3. The fourth-order valence-corrected chi connectivity index (χ4v) is 5.31. The molecule has 6 nitrogen and oxygen atoms in total. The molecule has 1 amide bonds. The third-order valence-electron chi connectivity index (χ3n) is 7.55. The average molecular weight is 509 g/mol. The second kappa shape index (κ2) is 15.8. The van der Waals surface area contributed by atoms with Gasteiger partial charge in [-0.2, -0.15) is 0 Å². The molecule has 2 aromatic rings. The number of morpholine rings is 1. The minimum atomic E-state index is -0.228. The van der Waals surface area contributed by atoms with E-state index < -0.39 is 0 Å². The average Bonchev–Trinajstić information content (AvgIpc) is 2.96. The Hall–Kier alpha value is -2.41. The van der Waals surface area contributed by atoms with Crippen LogP contribution in [-0.2, 0) is 27.4 Å². The summed E-state index contributed by atoms with van der Waals surface area (Å²) in [6, 6.07) is 20.3. The van der Waals surface area contributed by atoms with E-state index in [1.807, 2.05) is 53.4 Å². The van der Waals surface area contributed by atoms with Gasteiger partial charge in [0.05, 0.1) is 19.3 Å². The molecule has 1 aliphatic heterocycles. The first-order chi connectivity index (χ1) is 18.3. The Labute approximate surface area is 222 Å². The Bertz CT molecular complexity index is 881. The lowest BCUT2D eigenvalue weighted by atomic mass is 9.91. The normalized spacial score (nSPS) is 20.4. The molecule has 2 aromatic carbocycles. The van der Waals surface area contributed by atoms with E-state index in [1.54, 1.807) is 0 Å². The number of amides is 1. The predicted octanol–water partition coefficient (Wildman–Crippen LogP) is 6.05. The quantitative estimate of drug-likeness (QED) is 0.309. The van der Waals surface area contributed by atoms with Gasteiger partial charge in [-0.25, -0.2) is 4.79 Å². The molecule has 6 heteroatoms. The number of hydrogen-bond donors (Lipinski definition) is 0. The minimum absolute atomic E-state index is 0.184. The summed E-state index contributed by atoms with van der Waals surface area (Å²) in [5.74, 6) is 0. The molecule has 1 aliphatic carbocycles. The van der Waals surface area contributed by atoms with Crippen LogP contribution in [0.15, 0.2) is 60.7 Å². The van der Waals surface area contributed by atoms with Crippen LogP contribution in [0.2, 0.25) is 0 Å². The first kappa shape index (κ1) is 27.6. The Kier molecular flexibility index (Phi) is 11.8. The zero-order valence-electron chi connectivity index (χ0n) is 22.3. The highest BCUT2D eigenvalue weighted by Crippen LogP contribution is 2.27. The summed E-state index contributed by atoms with van der Waals surface area (Å²) < 4.78 is 17.4. The van der Waals surface area contributed by atoms with E-state index in [0.717, 1.165) is 76.1 Å². The van der Waals surface area contributed by atoms with Crippen LogP contribution in [-0.4, -0.2) is 67.5 Å². The molecule has 0 atom stereocenters. The zero-order chi connectivity index (χ0) is 25.5. The summed E-state index contributed by atoms with van der Waals surface area (Å²) in [5.41, 5.74) is 2.14. The van der Waals surface area contributed by atoms with Crippen LogP contribution < -0.4 is 0 Å². The van der Waals surface area contributed by atoms with E-state index in [0.29, 0.717) is 19.3 Å². The van der Waals surface area contributed by atoms with Crippen LogP contribution in [0.3, 0.4) is 0 Å². The van der Waals surface area contributed by atoms with Gasteiger partial charge >= 0.3 is 6.09 Å². The third kappa shape index (κ3) is 9.76. The van der Waals surface area contributed by atoms with Crippen molar-refractivity contribution in [3.8, 4) is 0 Å². The lowest BCUT2D eigenvalue weighted by Crippen LogP contribution is -2.43. The van der Waals surface area contributed by atoms with Gasteiger partial charge in [0.1, 0.15) is 6.61 Å². The summed E-state index contributed by atoms with van der Waals surface area (Å²) in [6.45, 7) is 6.86. The van der Waals surface area contributed by atoms with Crippen LogP contribution in [0.1, 0.15) is 62.5 Å². The molecule has 4 rings (SSSR count). The maximum absolute atomic E-state index is 13.2. The first-order valence-electron chi connectivity index (χ1n) is 14.2. The van der Waals surface area contributed by atoms with Gasteiger partial charge < -0.3 is 19.1 Å². The van der Waals surface area contributed by atoms with E-state index in [1.165, 1.54) is 25.8 Å². The molecule has 1 saturated carbocycles. The van der Waals surface area contributed by atoms with E-state index in [2.05, 4.69) is 17.0 Å². The van der Waals surface area contributed by atoms with Crippen LogP contribution in [0, 0.1) is 0 Å². The van der Waals surface area contributed by atoms with E-state index in [4.69, 9.17) is 14.2 Å². The SMILES string of the molecule is O=C(OCc1ccccc1)N(Cc1ccccc1)C1CCC(OCCCCCCN2CCOCC2)CC1. The Morgan fingerprint density at radius 1 is 0.838 bits per heavy atom. The molecule has 0 spiro atoms. The van der Waals surface area contributed by atoms with Gasteiger partial charge in [-0.15, -0.1) is 0 Å². The number of rotatable bonds is 13. The molecule has 2 aliphatic rings. The lowest BCUT2D eigenvalue weighted by molar-refractivity contribution is 0.00183. The molecule has 0 unspecified atom stereocenters. The second-order valence-electron chi connectivity index (χ2n) is 10.3. The maximum atomic E-state index is 13.2. The number of benzene rings is 2. The van der Waals surface area contributed by atoms with Crippen molar-refractivity contribution in [1.29, 1.82) is 0 Å². The van der Waals surface area contributed by atoms with E-state index in [9.17, 15) is 4.79 Å². The van der Waals surface area contributed by atoms with Gasteiger partial charge in [0.15, 0.2) is 0 Å². The lowest BCUT2D eigenvalue weighted by Gasteiger charge is -2.36. The van der Waals surface area contributed by atoms with Gasteiger partial charge in [0.2, 0.25) is 0 Å². The van der Waals surface area contributed by atoms with Gasteiger partial charge in [-0.1, -0.05) is 73.5 Å². The molecule has 202 valence electrons. The van der Waals surface area contributed by atoms with Crippen molar-refractivity contribution in [2.75, 3.05) is 39.5 Å². The minimum Gasteiger partial charge on any atom is -0.445 e.